The van der Waals surface area contributed by atoms with Gasteiger partial charge in [0.25, 0.3) is 11.8 Å². The van der Waals surface area contributed by atoms with Crippen molar-refractivity contribution >= 4 is 17.9 Å². The number of para-hydroxylation sites is 1. The van der Waals surface area contributed by atoms with Gasteiger partial charge in [-0.15, -0.1) is 0 Å². The van der Waals surface area contributed by atoms with Gasteiger partial charge in [-0.1, -0.05) is 18.2 Å². The van der Waals surface area contributed by atoms with Crippen molar-refractivity contribution < 1.29 is 14.3 Å². The Labute approximate surface area is 198 Å². The third-order valence-corrected chi connectivity index (χ3v) is 5.89. The van der Waals surface area contributed by atoms with Crippen molar-refractivity contribution in [1.82, 2.24) is 14.7 Å². The molecule has 0 atom stereocenters. The van der Waals surface area contributed by atoms with Crippen LogP contribution in [0.4, 0.5) is 0 Å². The molecule has 2 amide bonds. The maximum Gasteiger partial charge on any atom is 0.271 e. The molecule has 0 saturated heterocycles. The van der Waals surface area contributed by atoms with E-state index >= 15 is 0 Å². The molecule has 2 aromatic carbocycles. The summed E-state index contributed by atoms with van der Waals surface area (Å²) in [6.07, 6.45) is 3.57. The maximum absolute atomic E-state index is 13.2. The fourth-order valence-electron chi connectivity index (χ4n) is 4.02. The van der Waals surface area contributed by atoms with E-state index in [1.165, 1.54) is 0 Å². The van der Waals surface area contributed by atoms with Gasteiger partial charge in [-0.2, -0.15) is 10.4 Å². The zero-order chi connectivity index (χ0) is 24.4. The molecule has 2 heterocycles. The largest absolute Gasteiger partial charge is 0.497 e. The summed E-state index contributed by atoms with van der Waals surface area (Å²) in [5.41, 5.74) is 4.73. The smallest absolute Gasteiger partial charge is 0.271 e. The minimum atomic E-state index is -0.559. The molecule has 0 spiro atoms. The average Bonchev–Trinajstić information content (AvgIpc) is 3.26. The van der Waals surface area contributed by atoms with Crippen molar-refractivity contribution in [3.63, 3.8) is 0 Å². The molecule has 0 bridgehead atoms. The highest BCUT2D eigenvalue weighted by molar-refractivity contribution is 6.19. The second-order valence-electron chi connectivity index (χ2n) is 7.92. The van der Waals surface area contributed by atoms with E-state index in [2.05, 4.69) is 0 Å². The van der Waals surface area contributed by atoms with Gasteiger partial charge in [-0.3, -0.25) is 14.5 Å². The Hall–Kier alpha value is -4.44. The minimum Gasteiger partial charge on any atom is -0.497 e. The van der Waals surface area contributed by atoms with Crippen LogP contribution in [0.2, 0.25) is 0 Å². The summed E-state index contributed by atoms with van der Waals surface area (Å²) in [4.78, 5) is 26.8. The molecule has 34 heavy (non-hydrogen) atoms. The normalized spacial score (nSPS) is 15.1. The SMILES string of the molecule is CCN1C(=O)C(C#N)=C(C)/C(=C/c2cn(-c3ccccc3)nc2-c2ccc(OC)cc2C)C1=O. The predicted molar refractivity (Wildman–Crippen MR) is 129 cm³/mol. The number of hydrogen-bond donors (Lipinski definition) is 0. The molecule has 1 aliphatic rings. The monoisotopic (exact) mass is 452 g/mol. The van der Waals surface area contributed by atoms with Gasteiger partial charge in [-0.05, 0) is 68.3 Å². The average molecular weight is 453 g/mol. The summed E-state index contributed by atoms with van der Waals surface area (Å²) in [5.74, 6) is -0.245. The Morgan fingerprint density at radius 3 is 2.44 bits per heavy atom. The zero-order valence-electron chi connectivity index (χ0n) is 19.5. The van der Waals surface area contributed by atoms with E-state index in [4.69, 9.17) is 9.84 Å². The van der Waals surface area contributed by atoms with Gasteiger partial charge in [0.1, 0.15) is 23.1 Å². The summed E-state index contributed by atoms with van der Waals surface area (Å²) in [7, 11) is 1.62. The molecule has 0 radical (unpaired) electrons. The van der Waals surface area contributed by atoms with Crippen LogP contribution in [0.15, 0.2) is 71.4 Å². The van der Waals surface area contributed by atoms with E-state index < -0.39 is 11.8 Å². The van der Waals surface area contributed by atoms with Crippen LogP contribution in [0, 0.1) is 18.3 Å². The molecule has 0 unspecified atom stereocenters. The second-order valence-corrected chi connectivity index (χ2v) is 7.92. The van der Waals surface area contributed by atoms with Gasteiger partial charge in [0.2, 0.25) is 0 Å². The van der Waals surface area contributed by atoms with Crippen molar-refractivity contribution in [1.29, 1.82) is 5.26 Å². The number of rotatable bonds is 5. The van der Waals surface area contributed by atoms with Gasteiger partial charge in [0, 0.05) is 29.4 Å². The Morgan fingerprint density at radius 1 is 1.09 bits per heavy atom. The zero-order valence-corrected chi connectivity index (χ0v) is 19.5. The number of imide groups is 1. The highest BCUT2D eigenvalue weighted by atomic mass is 16.5. The lowest BCUT2D eigenvalue weighted by atomic mass is 9.93. The Morgan fingerprint density at radius 2 is 1.82 bits per heavy atom. The van der Waals surface area contributed by atoms with Crippen LogP contribution in [0.5, 0.6) is 5.75 Å². The Balaban J connectivity index is 1.95. The molecule has 1 aliphatic heterocycles. The van der Waals surface area contributed by atoms with E-state index in [9.17, 15) is 14.9 Å². The van der Waals surface area contributed by atoms with E-state index in [-0.39, 0.29) is 12.1 Å². The van der Waals surface area contributed by atoms with Crippen molar-refractivity contribution in [3.05, 3.63) is 82.6 Å². The first-order valence-electron chi connectivity index (χ1n) is 10.9. The van der Waals surface area contributed by atoms with Crippen molar-refractivity contribution in [2.24, 2.45) is 0 Å². The Kier molecular flexibility index (Phi) is 6.15. The van der Waals surface area contributed by atoms with E-state index in [1.807, 2.05) is 67.7 Å². The number of hydrogen-bond acceptors (Lipinski definition) is 5. The topological polar surface area (TPSA) is 88.2 Å². The van der Waals surface area contributed by atoms with E-state index in [0.29, 0.717) is 22.4 Å². The number of likely N-dealkylation sites (N-methyl/N-ethyl adjacent to an activating group) is 1. The number of benzene rings is 2. The first-order valence-corrected chi connectivity index (χ1v) is 10.9. The molecular weight excluding hydrogens is 428 g/mol. The number of carbonyl (C=O) groups excluding carboxylic acids is 2. The molecule has 3 aromatic rings. The number of ether oxygens (including phenoxy) is 1. The quantitative estimate of drug-likeness (QED) is 0.421. The maximum atomic E-state index is 13.2. The molecule has 0 fully saturated rings. The molecular formula is C27H24N4O3. The summed E-state index contributed by atoms with van der Waals surface area (Å²) in [5, 5.41) is 14.4. The lowest BCUT2D eigenvalue weighted by Crippen LogP contribution is -2.42. The molecule has 0 N–H and O–H groups in total. The fraction of sp³-hybridized carbons (Fsp3) is 0.185. The van der Waals surface area contributed by atoms with Crippen LogP contribution >= 0.6 is 0 Å². The fourth-order valence-corrected chi connectivity index (χ4v) is 4.02. The molecule has 4 rings (SSSR count). The van der Waals surface area contributed by atoms with Crippen molar-refractivity contribution in [2.75, 3.05) is 13.7 Å². The van der Waals surface area contributed by atoms with E-state index in [1.54, 1.807) is 31.7 Å². The van der Waals surface area contributed by atoms with Crippen LogP contribution in [0.25, 0.3) is 23.0 Å². The lowest BCUT2D eigenvalue weighted by molar-refractivity contribution is -0.140. The number of nitriles is 1. The van der Waals surface area contributed by atoms with Crippen LogP contribution in [0.3, 0.4) is 0 Å². The highest BCUT2D eigenvalue weighted by Gasteiger charge is 2.34. The molecule has 7 nitrogen and oxygen atoms in total. The summed E-state index contributed by atoms with van der Waals surface area (Å²) in [6, 6.07) is 17.3. The molecule has 1 aromatic heterocycles. The number of carbonyl (C=O) groups is 2. The first-order chi connectivity index (χ1) is 16.4. The van der Waals surface area contributed by atoms with Gasteiger partial charge in [0.15, 0.2) is 0 Å². The number of aryl methyl sites for hydroxylation is 1. The summed E-state index contributed by atoms with van der Waals surface area (Å²) < 4.78 is 7.10. The number of aromatic nitrogens is 2. The molecule has 7 heteroatoms. The second kappa shape index (κ2) is 9.20. The number of methoxy groups -OCH3 is 1. The van der Waals surface area contributed by atoms with Crippen molar-refractivity contribution in [3.8, 4) is 28.8 Å². The molecule has 0 saturated carbocycles. The third kappa shape index (κ3) is 3.90. The minimum absolute atomic E-state index is 0.0228. The lowest BCUT2D eigenvalue weighted by Gasteiger charge is -2.26. The predicted octanol–water partition coefficient (Wildman–Crippen LogP) is 4.47. The summed E-state index contributed by atoms with van der Waals surface area (Å²) >= 11 is 0. The van der Waals surface area contributed by atoms with Gasteiger partial charge >= 0.3 is 0 Å². The molecule has 170 valence electrons. The summed E-state index contributed by atoms with van der Waals surface area (Å²) in [6.45, 7) is 5.50. The van der Waals surface area contributed by atoms with E-state index in [0.717, 1.165) is 27.5 Å². The van der Waals surface area contributed by atoms with Crippen LogP contribution in [-0.4, -0.2) is 40.1 Å². The molecule has 0 aliphatic carbocycles. The van der Waals surface area contributed by atoms with Crippen LogP contribution < -0.4 is 4.74 Å². The van der Waals surface area contributed by atoms with Crippen molar-refractivity contribution in [2.45, 2.75) is 20.8 Å². The van der Waals surface area contributed by atoms with Crippen LogP contribution in [0.1, 0.15) is 25.0 Å². The highest BCUT2D eigenvalue weighted by Crippen LogP contribution is 2.33. The van der Waals surface area contributed by atoms with Gasteiger partial charge < -0.3 is 4.74 Å². The first kappa shape index (κ1) is 22.7. The standard InChI is InChI=1S/C27H24N4O3/c1-5-30-26(32)23(18(3)24(15-28)27(30)33)14-19-16-31(20-9-7-6-8-10-20)29-25(19)22-12-11-21(34-4)13-17(22)2/h6-14,16H,5H2,1-4H3/b23-14-. The third-order valence-electron chi connectivity index (χ3n) is 5.89. The number of amides is 2. The van der Waals surface area contributed by atoms with Gasteiger partial charge in [-0.25, -0.2) is 4.68 Å². The Bertz CT molecular complexity index is 1390. The number of nitrogens with zero attached hydrogens (tertiary/aromatic N) is 4. The van der Waals surface area contributed by atoms with Gasteiger partial charge in [0.05, 0.1) is 12.8 Å². The van der Waals surface area contributed by atoms with Crippen LogP contribution in [-0.2, 0) is 9.59 Å².